The zero-order valence-electron chi connectivity index (χ0n) is 11.8. The lowest BCUT2D eigenvalue weighted by molar-refractivity contribution is 0.350. The van der Waals surface area contributed by atoms with Crippen molar-refractivity contribution in [2.45, 2.75) is 25.8 Å². The van der Waals surface area contributed by atoms with E-state index in [-0.39, 0.29) is 6.04 Å². The molecule has 112 valence electrons. The predicted octanol–water partition coefficient (Wildman–Crippen LogP) is 5.19. The van der Waals surface area contributed by atoms with E-state index in [2.05, 4.69) is 39.6 Å². The van der Waals surface area contributed by atoms with E-state index in [1.54, 1.807) is 11.3 Å². The van der Waals surface area contributed by atoms with Gasteiger partial charge >= 0.3 is 0 Å². The van der Waals surface area contributed by atoms with Gasteiger partial charge in [0.2, 0.25) is 0 Å². The summed E-state index contributed by atoms with van der Waals surface area (Å²) in [6.45, 7) is 3.88. The zero-order valence-corrected chi connectivity index (χ0v) is 14.9. The summed E-state index contributed by atoms with van der Waals surface area (Å²) >= 11 is 11.6. The molecule has 2 nitrogen and oxygen atoms in total. The molecule has 1 aromatic heterocycles. The minimum absolute atomic E-state index is 0.123. The maximum atomic E-state index is 6.31. The van der Waals surface area contributed by atoms with E-state index in [0.29, 0.717) is 0 Å². The third kappa shape index (κ3) is 3.29. The van der Waals surface area contributed by atoms with Crippen LogP contribution in [0.4, 0.5) is 0 Å². The summed E-state index contributed by atoms with van der Waals surface area (Å²) in [4.78, 5) is 0. The fraction of sp³-hybridized carbons (Fsp3) is 0.375. The van der Waals surface area contributed by atoms with Crippen LogP contribution in [-0.4, -0.2) is 13.2 Å². The van der Waals surface area contributed by atoms with Crippen LogP contribution in [0, 0.1) is 0 Å². The Labute approximate surface area is 142 Å². The molecule has 0 amide bonds. The van der Waals surface area contributed by atoms with Crippen molar-refractivity contribution in [1.82, 2.24) is 5.32 Å². The predicted molar refractivity (Wildman–Crippen MR) is 92.8 cm³/mol. The molecule has 3 rings (SSSR count). The van der Waals surface area contributed by atoms with E-state index in [1.165, 1.54) is 11.1 Å². The summed E-state index contributed by atoms with van der Waals surface area (Å²) in [5.41, 5.74) is 3.61. The maximum absolute atomic E-state index is 6.31. The first-order chi connectivity index (χ1) is 10.2. The minimum Gasteiger partial charge on any atom is -0.493 e. The van der Waals surface area contributed by atoms with Crippen molar-refractivity contribution in [1.29, 1.82) is 0 Å². The van der Waals surface area contributed by atoms with E-state index < -0.39 is 0 Å². The highest BCUT2D eigenvalue weighted by molar-refractivity contribution is 9.11. The fourth-order valence-corrected chi connectivity index (χ4v) is 4.13. The lowest BCUT2D eigenvalue weighted by Crippen LogP contribution is -2.23. The number of halogens is 2. The van der Waals surface area contributed by atoms with Crippen molar-refractivity contribution in [2.75, 3.05) is 13.2 Å². The van der Waals surface area contributed by atoms with E-state index >= 15 is 0 Å². The lowest BCUT2D eigenvalue weighted by atomic mass is 9.97. The molecule has 0 aliphatic carbocycles. The van der Waals surface area contributed by atoms with E-state index in [9.17, 15) is 0 Å². The van der Waals surface area contributed by atoms with Crippen LogP contribution in [0.1, 0.15) is 36.1 Å². The molecule has 1 unspecified atom stereocenters. The van der Waals surface area contributed by atoms with Crippen LogP contribution in [-0.2, 0) is 6.42 Å². The Kier molecular flexibility index (Phi) is 4.89. The van der Waals surface area contributed by atoms with Gasteiger partial charge in [-0.15, -0.1) is 11.3 Å². The number of thiophene rings is 1. The average molecular weight is 387 g/mol. The van der Waals surface area contributed by atoms with Gasteiger partial charge in [-0.3, -0.25) is 0 Å². The van der Waals surface area contributed by atoms with Gasteiger partial charge in [0.25, 0.3) is 0 Å². The SMILES string of the molecule is CCCNC(c1csc(Br)c1)c1cc(Cl)cc2c1OCC2. The van der Waals surface area contributed by atoms with Gasteiger partial charge in [0.05, 0.1) is 16.4 Å². The van der Waals surface area contributed by atoms with E-state index in [4.69, 9.17) is 16.3 Å². The Balaban J connectivity index is 2.04. The highest BCUT2D eigenvalue weighted by atomic mass is 79.9. The average Bonchev–Trinajstić information content (AvgIpc) is 3.08. The number of hydrogen-bond acceptors (Lipinski definition) is 3. The molecule has 1 N–H and O–H groups in total. The van der Waals surface area contributed by atoms with Crippen molar-refractivity contribution in [2.24, 2.45) is 0 Å². The quantitative estimate of drug-likeness (QED) is 0.763. The number of hydrogen-bond donors (Lipinski definition) is 1. The van der Waals surface area contributed by atoms with Gasteiger partial charge in [-0.05, 0) is 63.6 Å². The molecule has 0 saturated carbocycles. The summed E-state index contributed by atoms with van der Waals surface area (Å²) in [5, 5.41) is 6.58. The largest absolute Gasteiger partial charge is 0.493 e. The second kappa shape index (κ2) is 6.69. The number of nitrogens with one attached hydrogen (secondary N) is 1. The van der Waals surface area contributed by atoms with Crippen molar-refractivity contribution >= 4 is 38.9 Å². The molecular weight excluding hydrogens is 370 g/mol. The molecule has 1 aromatic carbocycles. The minimum atomic E-state index is 0.123. The Morgan fingerprint density at radius 1 is 1.43 bits per heavy atom. The van der Waals surface area contributed by atoms with Crippen LogP contribution in [0.5, 0.6) is 5.75 Å². The van der Waals surface area contributed by atoms with Gasteiger partial charge in [0.15, 0.2) is 0 Å². The molecule has 21 heavy (non-hydrogen) atoms. The Morgan fingerprint density at radius 3 is 3.00 bits per heavy atom. The second-order valence-corrected chi connectivity index (χ2v) is 7.88. The summed E-state index contributed by atoms with van der Waals surface area (Å²) in [6.07, 6.45) is 2.03. The second-order valence-electron chi connectivity index (χ2n) is 5.15. The zero-order chi connectivity index (χ0) is 14.8. The van der Waals surface area contributed by atoms with Gasteiger partial charge in [-0.2, -0.15) is 0 Å². The van der Waals surface area contributed by atoms with E-state index in [1.807, 2.05) is 12.1 Å². The topological polar surface area (TPSA) is 21.3 Å². The van der Waals surface area contributed by atoms with Gasteiger partial charge < -0.3 is 10.1 Å². The molecule has 1 aliphatic rings. The van der Waals surface area contributed by atoms with Gasteiger partial charge in [0, 0.05) is 17.0 Å². The summed E-state index contributed by atoms with van der Waals surface area (Å²) in [6, 6.07) is 6.34. The molecule has 5 heteroatoms. The molecular formula is C16H17BrClNOS. The molecule has 1 aliphatic heterocycles. The van der Waals surface area contributed by atoms with Crippen molar-refractivity contribution in [3.63, 3.8) is 0 Å². The highest BCUT2D eigenvalue weighted by Gasteiger charge is 2.24. The third-order valence-corrected chi connectivity index (χ3v) is 5.35. The maximum Gasteiger partial charge on any atom is 0.127 e. The van der Waals surface area contributed by atoms with E-state index in [0.717, 1.165) is 46.1 Å². The molecule has 2 heterocycles. The van der Waals surface area contributed by atoms with Gasteiger partial charge in [-0.1, -0.05) is 18.5 Å². The number of fused-ring (bicyclic) bond motifs is 1. The van der Waals surface area contributed by atoms with Crippen LogP contribution in [0.2, 0.25) is 5.02 Å². The first kappa shape index (κ1) is 15.3. The monoisotopic (exact) mass is 385 g/mol. The van der Waals surface area contributed by atoms with Crippen molar-refractivity contribution < 1.29 is 4.74 Å². The molecule has 0 saturated heterocycles. The molecule has 2 aromatic rings. The van der Waals surface area contributed by atoms with Gasteiger partial charge in [0.1, 0.15) is 5.75 Å². The first-order valence-electron chi connectivity index (χ1n) is 7.11. The van der Waals surface area contributed by atoms with Crippen molar-refractivity contribution in [3.05, 3.63) is 49.1 Å². The lowest BCUT2D eigenvalue weighted by Gasteiger charge is -2.21. The van der Waals surface area contributed by atoms with Gasteiger partial charge in [-0.25, -0.2) is 0 Å². The third-order valence-electron chi connectivity index (χ3n) is 3.61. The van der Waals surface area contributed by atoms with Crippen LogP contribution in [0.15, 0.2) is 27.4 Å². The Morgan fingerprint density at radius 2 is 2.29 bits per heavy atom. The van der Waals surface area contributed by atoms with Crippen LogP contribution >= 0.6 is 38.9 Å². The first-order valence-corrected chi connectivity index (χ1v) is 9.16. The molecule has 0 fully saturated rings. The number of benzene rings is 1. The number of rotatable bonds is 5. The normalized spacial score (nSPS) is 14.8. The molecule has 0 spiro atoms. The standard InChI is InChI=1S/C16H17BrClNOS/c1-2-4-19-15(11-7-14(17)21-9-11)13-8-12(18)6-10-3-5-20-16(10)13/h6-9,15,19H,2-5H2,1H3. The Hall–Kier alpha value is -0.550. The fourth-order valence-electron chi connectivity index (χ4n) is 2.68. The van der Waals surface area contributed by atoms with Crippen molar-refractivity contribution in [3.8, 4) is 5.75 Å². The highest BCUT2D eigenvalue weighted by Crippen LogP contribution is 2.40. The van der Waals surface area contributed by atoms with Crippen LogP contribution in [0.25, 0.3) is 0 Å². The summed E-state index contributed by atoms with van der Waals surface area (Å²) < 4.78 is 7.01. The smallest absolute Gasteiger partial charge is 0.127 e. The molecule has 1 atom stereocenters. The summed E-state index contributed by atoms with van der Waals surface area (Å²) in [7, 11) is 0. The summed E-state index contributed by atoms with van der Waals surface area (Å²) in [5.74, 6) is 1.01. The molecule has 0 bridgehead atoms. The molecule has 0 radical (unpaired) electrons. The van der Waals surface area contributed by atoms with Crippen LogP contribution < -0.4 is 10.1 Å². The Bertz CT molecular complexity index is 643. The number of ether oxygens (including phenoxy) is 1. The van der Waals surface area contributed by atoms with Crippen LogP contribution in [0.3, 0.4) is 0 Å².